The minimum Gasteiger partial charge on any atom is -0.382 e. The van der Waals surface area contributed by atoms with E-state index in [0.717, 1.165) is 6.42 Å². The summed E-state index contributed by atoms with van der Waals surface area (Å²) in [6.07, 6.45) is 1.51. The van der Waals surface area contributed by atoms with Crippen LogP contribution in [0.3, 0.4) is 0 Å². The summed E-state index contributed by atoms with van der Waals surface area (Å²) in [6, 6.07) is 1.65. The zero-order chi connectivity index (χ0) is 13.3. The van der Waals surface area contributed by atoms with Gasteiger partial charge >= 0.3 is 0 Å². The van der Waals surface area contributed by atoms with E-state index in [4.69, 9.17) is 34.8 Å². The van der Waals surface area contributed by atoms with Crippen molar-refractivity contribution >= 4 is 46.1 Å². The Labute approximate surface area is 124 Å². The minimum absolute atomic E-state index is 0.425. The fourth-order valence-corrected chi connectivity index (χ4v) is 3.49. The van der Waals surface area contributed by atoms with Gasteiger partial charge < -0.3 is 5.11 Å². The third-order valence-corrected chi connectivity index (χ3v) is 4.31. The van der Waals surface area contributed by atoms with Crippen molar-refractivity contribution in [1.82, 2.24) is 9.78 Å². The Hall–Kier alpha value is -0.260. The van der Waals surface area contributed by atoms with Crippen LogP contribution in [0, 0.1) is 0 Å². The van der Waals surface area contributed by atoms with E-state index in [1.54, 1.807) is 10.7 Å². The Morgan fingerprint density at radius 1 is 1.44 bits per heavy atom. The molecule has 0 fully saturated rings. The molecular formula is C11H11Cl3N2OS. The predicted octanol–water partition coefficient (Wildman–Crippen LogP) is 4.40. The average molecular weight is 326 g/mol. The van der Waals surface area contributed by atoms with Gasteiger partial charge in [-0.1, -0.05) is 41.7 Å². The van der Waals surface area contributed by atoms with Crippen molar-refractivity contribution in [3.8, 4) is 0 Å². The van der Waals surface area contributed by atoms with Gasteiger partial charge in [0, 0.05) is 12.1 Å². The summed E-state index contributed by atoms with van der Waals surface area (Å²) in [5.74, 6) is 0. The lowest BCUT2D eigenvalue weighted by molar-refractivity contribution is 0.208. The van der Waals surface area contributed by atoms with Crippen molar-refractivity contribution in [3.63, 3.8) is 0 Å². The predicted molar refractivity (Wildman–Crippen MR) is 75.9 cm³/mol. The summed E-state index contributed by atoms with van der Waals surface area (Å²) < 4.78 is 2.69. The quantitative estimate of drug-likeness (QED) is 0.905. The van der Waals surface area contributed by atoms with Crippen LogP contribution in [0.5, 0.6) is 0 Å². The van der Waals surface area contributed by atoms with Gasteiger partial charge in [-0.2, -0.15) is 5.10 Å². The molecule has 0 aliphatic carbocycles. The molecule has 0 aliphatic rings. The summed E-state index contributed by atoms with van der Waals surface area (Å²) >= 11 is 19.2. The first kappa shape index (κ1) is 14.2. The van der Waals surface area contributed by atoms with Crippen molar-refractivity contribution in [2.45, 2.75) is 26.0 Å². The molecule has 1 N–H and O–H groups in total. The summed E-state index contributed by atoms with van der Waals surface area (Å²) in [4.78, 5) is 0. The molecule has 2 heterocycles. The number of aliphatic hydroxyl groups is 1. The van der Waals surface area contributed by atoms with E-state index < -0.39 is 6.10 Å². The average Bonchev–Trinajstić information content (AvgIpc) is 2.82. The van der Waals surface area contributed by atoms with Gasteiger partial charge in [0.15, 0.2) is 0 Å². The number of aliphatic hydroxyl groups excluding tert-OH is 1. The van der Waals surface area contributed by atoms with E-state index in [9.17, 15) is 5.11 Å². The second-order valence-electron chi connectivity index (χ2n) is 3.78. The summed E-state index contributed by atoms with van der Waals surface area (Å²) in [6.45, 7) is 2.72. The molecule has 0 bridgehead atoms. The monoisotopic (exact) mass is 324 g/mol. The number of rotatable bonds is 4. The molecule has 0 amide bonds. The molecule has 0 aliphatic heterocycles. The first-order valence-electron chi connectivity index (χ1n) is 5.38. The maximum atomic E-state index is 10.4. The highest BCUT2D eigenvalue weighted by molar-refractivity contribution is 7.20. The number of halogens is 3. The molecule has 0 saturated heterocycles. The second-order valence-corrected chi connectivity index (χ2v) is 6.48. The lowest BCUT2D eigenvalue weighted by atomic mass is 10.1. The molecule has 7 heteroatoms. The highest BCUT2D eigenvalue weighted by Gasteiger charge is 2.23. The number of thiophene rings is 1. The lowest BCUT2D eigenvalue weighted by Crippen LogP contribution is -2.10. The third-order valence-electron chi connectivity index (χ3n) is 2.51. The third kappa shape index (κ3) is 2.68. The fourth-order valence-electron chi connectivity index (χ4n) is 1.72. The van der Waals surface area contributed by atoms with E-state index in [-0.39, 0.29) is 0 Å². The highest BCUT2D eigenvalue weighted by Crippen LogP contribution is 2.39. The molecule has 18 heavy (non-hydrogen) atoms. The molecule has 98 valence electrons. The van der Waals surface area contributed by atoms with Crippen molar-refractivity contribution in [1.29, 1.82) is 0 Å². The standard InChI is InChI=1S/C11H11Cl3N2OS/c1-2-3-16-9(7(12)5-15-16)10(17)6-4-8(13)18-11(6)14/h4-5,10,17H,2-3H2,1H3. The Bertz CT molecular complexity index is 552. The molecule has 2 rings (SSSR count). The van der Waals surface area contributed by atoms with Gasteiger partial charge in [-0.3, -0.25) is 4.68 Å². The molecule has 0 radical (unpaired) electrons. The van der Waals surface area contributed by atoms with E-state index in [0.29, 0.717) is 31.5 Å². The van der Waals surface area contributed by atoms with Gasteiger partial charge in [0.25, 0.3) is 0 Å². The zero-order valence-electron chi connectivity index (χ0n) is 9.53. The fraction of sp³-hybridized carbons (Fsp3) is 0.364. The first-order valence-corrected chi connectivity index (χ1v) is 7.33. The zero-order valence-corrected chi connectivity index (χ0v) is 12.6. The van der Waals surface area contributed by atoms with Crippen molar-refractivity contribution < 1.29 is 5.11 Å². The lowest BCUT2D eigenvalue weighted by Gasteiger charge is -2.13. The van der Waals surface area contributed by atoms with Gasteiger partial charge in [0.1, 0.15) is 10.4 Å². The molecule has 0 spiro atoms. The van der Waals surface area contributed by atoms with Crippen LogP contribution < -0.4 is 0 Å². The van der Waals surface area contributed by atoms with Crippen LogP contribution in [-0.2, 0) is 6.54 Å². The van der Waals surface area contributed by atoms with Crippen molar-refractivity contribution in [3.05, 3.63) is 37.2 Å². The number of aromatic nitrogens is 2. The van der Waals surface area contributed by atoms with Gasteiger partial charge in [0.2, 0.25) is 0 Å². The van der Waals surface area contributed by atoms with Crippen LogP contribution in [0.4, 0.5) is 0 Å². The molecule has 1 atom stereocenters. The van der Waals surface area contributed by atoms with Crippen LogP contribution >= 0.6 is 46.1 Å². The maximum Gasteiger partial charge on any atom is 0.124 e. The second kappa shape index (κ2) is 5.80. The van der Waals surface area contributed by atoms with E-state index in [1.807, 2.05) is 6.92 Å². The molecule has 1 unspecified atom stereocenters. The van der Waals surface area contributed by atoms with Crippen LogP contribution in [0.25, 0.3) is 0 Å². The Balaban J connectivity index is 2.42. The van der Waals surface area contributed by atoms with E-state index in [1.165, 1.54) is 17.5 Å². The molecule has 0 aromatic carbocycles. The molecule has 2 aromatic heterocycles. The Morgan fingerprint density at radius 2 is 2.17 bits per heavy atom. The first-order chi connectivity index (χ1) is 8.54. The molecule has 0 saturated carbocycles. The molecular weight excluding hydrogens is 315 g/mol. The van der Waals surface area contributed by atoms with Crippen molar-refractivity contribution in [2.75, 3.05) is 0 Å². The van der Waals surface area contributed by atoms with Gasteiger partial charge in [0.05, 0.1) is 21.2 Å². The van der Waals surface area contributed by atoms with Crippen molar-refractivity contribution in [2.24, 2.45) is 0 Å². The Kier molecular flexibility index (Phi) is 4.56. The van der Waals surface area contributed by atoms with E-state index >= 15 is 0 Å². The maximum absolute atomic E-state index is 10.4. The Morgan fingerprint density at radius 3 is 2.72 bits per heavy atom. The highest BCUT2D eigenvalue weighted by atomic mass is 35.5. The summed E-state index contributed by atoms with van der Waals surface area (Å²) in [7, 11) is 0. The van der Waals surface area contributed by atoms with Crippen LogP contribution in [0.1, 0.15) is 30.7 Å². The minimum atomic E-state index is -0.914. The van der Waals surface area contributed by atoms with Crippen LogP contribution in [-0.4, -0.2) is 14.9 Å². The largest absolute Gasteiger partial charge is 0.382 e. The van der Waals surface area contributed by atoms with Crippen LogP contribution in [0.2, 0.25) is 13.7 Å². The number of hydrogen-bond acceptors (Lipinski definition) is 3. The molecule has 3 nitrogen and oxygen atoms in total. The van der Waals surface area contributed by atoms with E-state index in [2.05, 4.69) is 5.10 Å². The normalized spacial score (nSPS) is 12.9. The smallest absolute Gasteiger partial charge is 0.124 e. The number of aryl methyl sites for hydroxylation is 1. The summed E-state index contributed by atoms with van der Waals surface area (Å²) in [5.41, 5.74) is 1.11. The van der Waals surface area contributed by atoms with Gasteiger partial charge in [-0.25, -0.2) is 0 Å². The topological polar surface area (TPSA) is 38.0 Å². The van der Waals surface area contributed by atoms with Crippen LogP contribution in [0.15, 0.2) is 12.3 Å². The van der Waals surface area contributed by atoms with Gasteiger partial charge in [-0.15, -0.1) is 11.3 Å². The summed E-state index contributed by atoms with van der Waals surface area (Å²) in [5, 5.41) is 14.9. The number of hydrogen-bond donors (Lipinski definition) is 1. The van der Waals surface area contributed by atoms with Gasteiger partial charge in [-0.05, 0) is 12.5 Å². The molecule has 2 aromatic rings. The SMILES string of the molecule is CCCn1ncc(Cl)c1C(O)c1cc(Cl)sc1Cl. The number of nitrogens with zero attached hydrogens (tertiary/aromatic N) is 2.